The SMILES string of the molecule is COc1ccc(NC(C)=O)cc1NC(=O)c1cccc(N2CCCCS2(=O)=O)c1. The molecule has 0 aliphatic carbocycles. The maximum Gasteiger partial charge on any atom is 0.255 e. The Labute approximate surface area is 169 Å². The summed E-state index contributed by atoms with van der Waals surface area (Å²) in [4.78, 5) is 24.1. The number of anilines is 3. The van der Waals surface area contributed by atoms with Gasteiger partial charge in [-0.15, -0.1) is 0 Å². The number of benzene rings is 2. The molecule has 154 valence electrons. The molecule has 3 rings (SSSR count). The highest BCUT2D eigenvalue weighted by molar-refractivity contribution is 7.92. The first kappa shape index (κ1) is 20.7. The van der Waals surface area contributed by atoms with Gasteiger partial charge in [0.2, 0.25) is 15.9 Å². The monoisotopic (exact) mass is 417 g/mol. The minimum Gasteiger partial charge on any atom is -0.495 e. The van der Waals surface area contributed by atoms with Crippen molar-refractivity contribution in [1.82, 2.24) is 0 Å². The second-order valence-corrected chi connectivity index (χ2v) is 8.71. The zero-order valence-corrected chi connectivity index (χ0v) is 17.1. The Morgan fingerprint density at radius 3 is 2.55 bits per heavy atom. The van der Waals surface area contributed by atoms with Crippen LogP contribution in [-0.4, -0.2) is 39.6 Å². The number of carbonyl (C=O) groups excluding carboxylic acids is 2. The normalized spacial score (nSPS) is 15.4. The lowest BCUT2D eigenvalue weighted by Gasteiger charge is -2.28. The van der Waals surface area contributed by atoms with Crippen LogP contribution in [0.1, 0.15) is 30.1 Å². The summed E-state index contributed by atoms with van der Waals surface area (Å²) in [5, 5.41) is 5.41. The van der Waals surface area contributed by atoms with Crippen LogP contribution >= 0.6 is 0 Å². The molecular weight excluding hydrogens is 394 g/mol. The molecule has 0 atom stereocenters. The number of nitrogens with one attached hydrogen (secondary N) is 2. The molecule has 1 saturated heterocycles. The lowest BCUT2D eigenvalue weighted by Crippen LogP contribution is -2.37. The molecule has 29 heavy (non-hydrogen) atoms. The van der Waals surface area contributed by atoms with Gasteiger partial charge in [-0.25, -0.2) is 8.42 Å². The fourth-order valence-electron chi connectivity index (χ4n) is 3.16. The summed E-state index contributed by atoms with van der Waals surface area (Å²) in [7, 11) is -1.89. The van der Waals surface area contributed by atoms with Gasteiger partial charge in [0, 0.05) is 24.7 Å². The van der Waals surface area contributed by atoms with E-state index < -0.39 is 15.9 Å². The quantitative estimate of drug-likeness (QED) is 0.778. The molecule has 9 heteroatoms. The molecule has 1 heterocycles. The molecule has 2 aromatic rings. The number of methoxy groups -OCH3 is 1. The molecule has 8 nitrogen and oxygen atoms in total. The Kier molecular flexibility index (Phi) is 6.07. The van der Waals surface area contributed by atoms with Crippen LogP contribution in [0.15, 0.2) is 42.5 Å². The van der Waals surface area contributed by atoms with Crippen LogP contribution in [0.2, 0.25) is 0 Å². The number of rotatable bonds is 5. The Balaban J connectivity index is 1.85. The average molecular weight is 417 g/mol. The Morgan fingerprint density at radius 2 is 1.86 bits per heavy atom. The van der Waals surface area contributed by atoms with E-state index in [1.807, 2.05) is 0 Å². The third-order valence-corrected chi connectivity index (χ3v) is 6.38. The molecule has 0 radical (unpaired) electrons. The summed E-state index contributed by atoms with van der Waals surface area (Å²) in [6, 6.07) is 11.4. The number of nitrogens with zero attached hydrogens (tertiary/aromatic N) is 1. The van der Waals surface area contributed by atoms with Gasteiger partial charge in [0.1, 0.15) is 5.75 Å². The number of hydrogen-bond acceptors (Lipinski definition) is 5. The van der Waals surface area contributed by atoms with Crippen molar-refractivity contribution in [2.45, 2.75) is 19.8 Å². The molecule has 1 aliphatic rings. The number of hydrogen-bond donors (Lipinski definition) is 2. The highest BCUT2D eigenvalue weighted by Crippen LogP contribution is 2.29. The zero-order chi connectivity index (χ0) is 21.0. The topological polar surface area (TPSA) is 105 Å². The Bertz CT molecular complexity index is 1040. The van der Waals surface area contributed by atoms with Crippen molar-refractivity contribution in [2.24, 2.45) is 0 Å². The standard InChI is InChI=1S/C20H23N3O5S/c1-14(24)21-16-8-9-19(28-2)18(13-16)22-20(25)15-6-5-7-17(12-15)23-10-3-4-11-29(23,26)27/h5-9,12-13H,3-4,10-11H2,1-2H3,(H,21,24)(H,22,25). The van der Waals surface area contributed by atoms with E-state index in [1.54, 1.807) is 42.5 Å². The summed E-state index contributed by atoms with van der Waals surface area (Å²) in [5.41, 5.74) is 1.69. The zero-order valence-electron chi connectivity index (χ0n) is 16.3. The summed E-state index contributed by atoms with van der Waals surface area (Å²) < 4.78 is 31.3. The number of sulfonamides is 1. The van der Waals surface area contributed by atoms with Gasteiger partial charge in [-0.2, -0.15) is 0 Å². The molecular formula is C20H23N3O5S. The van der Waals surface area contributed by atoms with Gasteiger partial charge in [0.15, 0.2) is 0 Å². The van der Waals surface area contributed by atoms with Gasteiger partial charge in [-0.3, -0.25) is 13.9 Å². The van der Waals surface area contributed by atoms with E-state index in [4.69, 9.17) is 4.74 Å². The van der Waals surface area contributed by atoms with Crippen molar-refractivity contribution in [3.63, 3.8) is 0 Å². The molecule has 1 aliphatic heterocycles. The van der Waals surface area contributed by atoms with Crippen molar-refractivity contribution in [3.8, 4) is 5.75 Å². The minimum atomic E-state index is -3.36. The van der Waals surface area contributed by atoms with Crippen LogP contribution in [0.3, 0.4) is 0 Å². The fourth-order valence-corrected chi connectivity index (χ4v) is 4.79. The van der Waals surface area contributed by atoms with Crippen molar-refractivity contribution < 1.29 is 22.7 Å². The second kappa shape index (κ2) is 8.52. The van der Waals surface area contributed by atoms with Crippen LogP contribution in [0.5, 0.6) is 5.75 Å². The van der Waals surface area contributed by atoms with E-state index in [1.165, 1.54) is 18.3 Å². The second-order valence-electron chi connectivity index (χ2n) is 6.70. The molecule has 0 bridgehead atoms. The molecule has 0 aromatic heterocycles. The van der Waals surface area contributed by atoms with Gasteiger partial charge < -0.3 is 15.4 Å². The number of amides is 2. The Morgan fingerprint density at radius 1 is 1.07 bits per heavy atom. The van der Waals surface area contributed by atoms with Gasteiger partial charge >= 0.3 is 0 Å². The highest BCUT2D eigenvalue weighted by Gasteiger charge is 2.26. The van der Waals surface area contributed by atoms with Crippen molar-refractivity contribution >= 4 is 38.9 Å². The average Bonchev–Trinajstić information content (AvgIpc) is 2.67. The highest BCUT2D eigenvalue weighted by atomic mass is 32.2. The molecule has 0 spiro atoms. The molecule has 2 N–H and O–H groups in total. The van der Waals surface area contributed by atoms with Crippen LogP contribution in [0.25, 0.3) is 0 Å². The molecule has 2 aromatic carbocycles. The maximum absolute atomic E-state index is 12.8. The largest absolute Gasteiger partial charge is 0.495 e. The Hall–Kier alpha value is -3.07. The van der Waals surface area contributed by atoms with Gasteiger partial charge in [-0.05, 0) is 49.2 Å². The van der Waals surface area contributed by atoms with E-state index in [0.29, 0.717) is 41.3 Å². The smallest absolute Gasteiger partial charge is 0.255 e. The number of carbonyl (C=O) groups is 2. The maximum atomic E-state index is 12.8. The van der Waals surface area contributed by atoms with Crippen molar-refractivity contribution in [3.05, 3.63) is 48.0 Å². The molecule has 2 amide bonds. The van der Waals surface area contributed by atoms with Crippen LogP contribution in [-0.2, 0) is 14.8 Å². The third kappa shape index (κ3) is 4.86. The van der Waals surface area contributed by atoms with Gasteiger partial charge in [0.25, 0.3) is 5.91 Å². The van der Waals surface area contributed by atoms with Crippen molar-refractivity contribution in [2.75, 3.05) is 34.3 Å². The predicted octanol–water partition coefficient (Wildman–Crippen LogP) is 2.84. The van der Waals surface area contributed by atoms with E-state index in [-0.39, 0.29) is 11.7 Å². The van der Waals surface area contributed by atoms with E-state index in [2.05, 4.69) is 10.6 Å². The van der Waals surface area contributed by atoms with Crippen LogP contribution < -0.4 is 19.7 Å². The van der Waals surface area contributed by atoms with E-state index in [9.17, 15) is 18.0 Å². The first-order valence-corrected chi connectivity index (χ1v) is 10.8. The van der Waals surface area contributed by atoms with Crippen LogP contribution in [0, 0.1) is 0 Å². The molecule has 0 saturated carbocycles. The summed E-state index contributed by atoms with van der Waals surface area (Å²) in [6.07, 6.45) is 1.42. The van der Waals surface area contributed by atoms with Gasteiger partial charge in [-0.1, -0.05) is 6.07 Å². The predicted molar refractivity (Wildman–Crippen MR) is 112 cm³/mol. The first-order chi connectivity index (χ1) is 13.8. The summed E-state index contributed by atoms with van der Waals surface area (Å²) in [6.45, 7) is 1.79. The summed E-state index contributed by atoms with van der Waals surface area (Å²) >= 11 is 0. The minimum absolute atomic E-state index is 0.108. The molecule has 1 fully saturated rings. The summed E-state index contributed by atoms with van der Waals surface area (Å²) in [5.74, 6) is -0.110. The van der Waals surface area contributed by atoms with Gasteiger partial charge in [0.05, 0.1) is 24.2 Å². The number of ether oxygens (including phenoxy) is 1. The van der Waals surface area contributed by atoms with Crippen LogP contribution in [0.4, 0.5) is 17.1 Å². The first-order valence-electron chi connectivity index (χ1n) is 9.17. The lowest BCUT2D eigenvalue weighted by atomic mass is 10.1. The van der Waals surface area contributed by atoms with E-state index >= 15 is 0 Å². The van der Waals surface area contributed by atoms with E-state index in [0.717, 1.165) is 6.42 Å². The van der Waals surface area contributed by atoms with Crippen molar-refractivity contribution in [1.29, 1.82) is 0 Å². The molecule has 0 unspecified atom stereocenters. The lowest BCUT2D eigenvalue weighted by molar-refractivity contribution is -0.114. The fraction of sp³-hybridized carbons (Fsp3) is 0.300. The third-order valence-electron chi connectivity index (χ3n) is 4.51.